The van der Waals surface area contributed by atoms with Gasteiger partial charge in [0.25, 0.3) is 0 Å². The molecule has 2 aromatic rings. The van der Waals surface area contributed by atoms with E-state index >= 15 is 0 Å². The first-order valence-corrected chi connectivity index (χ1v) is 19.3. The van der Waals surface area contributed by atoms with Gasteiger partial charge in [0, 0.05) is 62.3 Å². The zero-order valence-corrected chi connectivity index (χ0v) is 32.1. The van der Waals surface area contributed by atoms with Crippen LogP contribution in [0.4, 0.5) is 64.3 Å². The van der Waals surface area contributed by atoms with E-state index in [1.165, 1.54) is 0 Å². The summed E-state index contributed by atoms with van der Waals surface area (Å²) in [6.07, 6.45) is -18.5. The lowest BCUT2D eigenvalue weighted by Gasteiger charge is -2.36. The summed E-state index contributed by atoms with van der Waals surface area (Å²) in [5.41, 5.74) is -1.15. The fourth-order valence-corrected chi connectivity index (χ4v) is 8.85. The van der Waals surface area contributed by atoms with E-state index in [1.807, 2.05) is 0 Å². The molecule has 2 fully saturated rings. The topological polar surface area (TPSA) is 157 Å². The molecular weight excluding hydrogens is 860 g/mol. The summed E-state index contributed by atoms with van der Waals surface area (Å²) in [6.45, 7) is 1.44. The third-order valence-corrected chi connectivity index (χ3v) is 11.9. The van der Waals surface area contributed by atoms with E-state index in [0.717, 1.165) is 12.4 Å². The summed E-state index contributed by atoms with van der Waals surface area (Å²) in [5, 5.41) is 19.9. The molecule has 0 radical (unpaired) electrons. The predicted octanol–water partition coefficient (Wildman–Crippen LogP) is 5.95. The molecule has 0 bridgehead atoms. The number of hydrogen-bond donors (Lipinski definition) is 2. The number of aromatic nitrogens is 4. The van der Waals surface area contributed by atoms with Crippen molar-refractivity contribution >= 4 is 34.6 Å². The number of aliphatic hydroxyl groups is 2. The number of piperidine rings is 2. The highest BCUT2D eigenvalue weighted by molar-refractivity contribution is 6.09. The second-order valence-corrected chi connectivity index (χ2v) is 15.7. The first-order valence-electron chi connectivity index (χ1n) is 19.3. The minimum atomic E-state index is -4.78. The number of alkyl halides is 12. The van der Waals surface area contributed by atoms with Crippen LogP contribution in [-0.2, 0) is 21.9 Å². The standard InChI is InChI=1S/2C19H18F6N4O2/c2*20-18(21,22)12-7-27-13(8-26-12)29-3-1-9(2-4-29)16-14-10(6-28-16)5-11(30)17(31)15(14)19(23,24)25/h2*7-9,15,17,31H,1-6H2/t2*15-,17-/m10/s1. The van der Waals surface area contributed by atoms with E-state index in [2.05, 4.69) is 29.9 Å². The van der Waals surface area contributed by atoms with Crippen LogP contribution in [0.5, 0.6) is 0 Å². The first-order chi connectivity index (χ1) is 28.9. The summed E-state index contributed by atoms with van der Waals surface area (Å²) >= 11 is 0. The van der Waals surface area contributed by atoms with Gasteiger partial charge in [0.2, 0.25) is 0 Å². The number of anilines is 2. The monoisotopic (exact) mass is 896 g/mol. The van der Waals surface area contributed by atoms with Gasteiger partial charge in [-0.3, -0.25) is 19.6 Å². The smallest absolute Gasteiger partial charge is 0.384 e. The molecule has 2 N–H and O–H groups in total. The van der Waals surface area contributed by atoms with Crippen molar-refractivity contribution in [3.05, 3.63) is 58.5 Å². The third-order valence-electron chi connectivity index (χ3n) is 11.9. The fourth-order valence-electron chi connectivity index (χ4n) is 8.85. The predicted molar refractivity (Wildman–Crippen MR) is 193 cm³/mol. The van der Waals surface area contributed by atoms with Gasteiger partial charge in [-0.2, -0.15) is 52.7 Å². The highest BCUT2D eigenvalue weighted by Gasteiger charge is 2.56. The first kappa shape index (κ1) is 45.0. The van der Waals surface area contributed by atoms with Crippen molar-refractivity contribution in [2.24, 2.45) is 33.7 Å². The maximum Gasteiger partial charge on any atom is 0.434 e. The molecule has 2 saturated heterocycles. The average molecular weight is 897 g/mol. The molecule has 0 unspecified atom stereocenters. The lowest BCUT2D eigenvalue weighted by atomic mass is 9.74. The van der Waals surface area contributed by atoms with Crippen molar-refractivity contribution in [2.45, 2.75) is 75.4 Å². The SMILES string of the molecule is O=C1CC2=C(C(C3CCN(c4cnc(C(F)(F)F)cn4)CC3)=NC2)[C@@H](C(F)(F)F)[C@@H]1O.O=C1CC2=C(C(C3CCN(c4cnc(C(F)(F)F)cn4)CC3)=NC2)[C@H](C(F)(F)F)[C@H]1O. The van der Waals surface area contributed by atoms with Crippen LogP contribution in [0, 0.1) is 23.7 Å². The zero-order chi connectivity index (χ0) is 45.1. The Morgan fingerprint density at radius 1 is 0.516 bits per heavy atom. The van der Waals surface area contributed by atoms with E-state index in [0.29, 0.717) is 75.4 Å². The molecule has 336 valence electrons. The van der Waals surface area contributed by atoms with E-state index < -0.39 is 71.7 Å². The van der Waals surface area contributed by atoms with Gasteiger partial charge in [0.05, 0.1) is 37.9 Å². The van der Waals surface area contributed by atoms with Crippen LogP contribution >= 0.6 is 0 Å². The minimum Gasteiger partial charge on any atom is -0.384 e. The molecule has 2 aliphatic carbocycles. The van der Waals surface area contributed by atoms with Crippen LogP contribution in [0.15, 0.2) is 57.1 Å². The van der Waals surface area contributed by atoms with Gasteiger partial charge in [0.1, 0.15) is 35.7 Å². The molecule has 24 heteroatoms. The van der Waals surface area contributed by atoms with Crippen molar-refractivity contribution in [3.63, 3.8) is 0 Å². The van der Waals surface area contributed by atoms with Crippen LogP contribution in [0.3, 0.4) is 0 Å². The molecule has 4 aliphatic heterocycles. The Hall–Kier alpha value is -5.00. The van der Waals surface area contributed by atoms with Crippen LogP contribution in [-0.4, -0.2) is 117 Å². The molecule has 0 spiro atoms. The lowest BCUT2D eigenvalue weighted by molar-refractivity contribution is -0.191. The second kappa shape index (κ2) is 16.6. The number of Topliss-reactive ketones (excluding diaryl/α,β-unsaturated/α-hetero) is 2. The number of aliphatic hydroxyl groups excluding tert-OH is 2. The molecule has 62 heavy (non-hydrogen) atoms. The highest BCUT2D eigenvalue weighted by Crippen LogP contribution is 2.47. The zero-order valence-electron chi connectivity index (χ0n) is 32.1. The largest absolute Gasteiger partial charge is 0.434 e. The highest BCUT2D eigenvalue weighted by atomic mass is 19.4. The molecule has 6 heterocycles. The van der Waals surface area contributed by atoms with Gasteiger partial charge in [0.15, 0.2) is 23.0 Å². The van der Waals surface area contributed by atoms with Gasteiger partial charge < -0.3 is 20.0 Å². The number of aliphatic imine (C=N–C) groups is 2. The van der Waals surface area contributed by atoms with Crippen molar-refractivity contribution in [3.8, 4) is 0 Å². The van der Waals surface area contributed by atoms with Crippen LogP contribution < -0.4 is 9.80 Å². The van der Waals surface area contributed by atoms with Crippen molar-refractivity contribution < 1.29 is 72.5 Å². The van der Waals surface area contributed by atoms with E-state index in [9.17, 15) is 72.5 Å². The van der Waals surface area contributed by atoms with E-state index in [4.69, 9.17) is 0 Å². The Morgan fingerprint density at radius 2 is 0.855 bits per heavy atom. The minimum absolute atomic E-state index is 0.0142. The maximum absolute atomic E-state index is 13.6. The van der Waals surface area contributed by atoms with Crippen molar-refractivity contribution in [1.82, 2.24) is 19.9 Å². The van der Waals surface area contributed by atoms with Crippen LogP contribution in [0.25, 0.3) is 0 Å². The Bertz CT molecular complexity index is 2010. The quantitative estimate of drug-likeness (QED) is 0.352. The molecule has 0 aromatic carbocycles. The van der Waals surface area contributed by atoms with E-state index in [1.54, 1.807) is 9.80 Å². The van der Waals surface area contributed by atoms with Crippen LogP contribution in [0.1, 0.15) is 49.9 Å². The van der Waals surface area contributed by atoms with Gasteiger partial charge >= 0.3 is 24.7 Å². The van der Waals surface area contributed by atoms with Crippen LogP contribution in [0.2, 0.25) is 0 Å². The molecule has 12 nitrogen and oxygen atoms in total. The van der Waals surface area contributed by atoms with E-state index in [-0.39, 0.29) is 72.0 Å². The molecule has 8 rings (SSSR count). The van der Waals surface area contributed by atoms with Gasteiger partial charge in [-0.05, 0) is 48.0 Å². The summed E-state index contributed by atoms with van der Waals surface area (Å²) in [6, 6.07) is 0. The molecule has 0 amide bonds. The number of hydrogen-bond acceptors (Lipinski definition) is 12. The number of ketones is 2. The molecular formula is C38H36F12N8O4. The summed E-state index contributed by atoms with van der Waals surface area (Å²) in [7, 11) is 0. The molecule has 0 saturated carbocycles. The molecule has 4 atom stereocenters. The number of nitrogens with zero attached hydrogens (tertiary/aromatic N) is 8. The maximum atomic E-state index is 13.6. The number of carbonyl (C=O) groups excluding carboxylic acids is 2. The molecule has 6 aliphatic rings. The van der Waals surface area contributed by atoms with Crippen molar-refractivity contribution in [1.29, 1.82) is 0 Å². The van der Waals surface area contributed by atoms with Gasteiger partial charge in [-0.1, -0.05) is 0 Å². The average Bonchev–Trinajstić information content (AvgIpc) is 3.81. The van der Waals surface area contributed by atoms with Gasteiger partial charge in [-0.15, -0.1) is 0 Å². The number of carbonyl (C=O) groups is 2. The second-order valence-electron chi connectivity index (χ2n) is 15.7. The third kappa shape index (κ3) is 9.07. The van der Waals surface area contributed by atoms with Crippen molar-refractivity contribution in [2.75, 3.05) is 49.1 Å². The fraction of sp³-hybridized carbons (Fsp3) is 0.579. The normalized spacial score (nSPS) is 25.7. The lowest BCUT2D eigenvalue weighted by Crippen LogP contribution is -2.46. The summed E-state index contributed by atoms with van der Waals surface area (Å²) in [5.74, 6) is -6.36. The van der Waals surface area contributed by atoms with Gasteiger partial charge in [-0.25, -0.2) is 19.9 Å². The Balaban J connectivity index is 0.000000186. The number of rotatable bonds is 4. The Morgan fingerprint density at radius 3 is 1.13 bits per heavy atom. The summed E-state index contributed by atoms with van der Waals surface area (Å²) in [4.78, 5) is 50.0. The molecule has 2 aromatic heterocycles. The number of halogens is 12. The Kier molecular flexibility index (Phi) is 12.1. The summed E-state index contributed by atoms with van der Waals surface area (Å²) < 4.78 is 158. The Labute approximate surface area is 343 Å².